The Balaban J connectivity index is 1.82. The van der Waals surface area contributed by atoms with Gasteiger partial charge in [-0.05, 0) is 25.0 Å². The van der Waals surface area contributed by atoms with E-state index < -0.39 is 16.9 Å². The topological polar surface area (TPSA) is 98.7 Å². The van der Waals surface area contributed by atoms with Crippen LogP contribution in [0.15, 0.2) is 63.4 Å². The maximum absolute atomic E-state index is 12.2. The van der Waals surface area contributed by atoms with Crippen LogP contribution in [0.2, 0.25) is 0 Å². The highest BCUT2D eigenvalue weighted by atomic mass is 16.3. The summed E-state index contributed by atoms with van der Waals surface area (Å²) in [6.07, 6.45) is 3.70. The van der Waals surface area contributed by atoms with E-state index in [0.29, 0.717) is 6.42 Å². The molecule has 28 heavy (non-hydrogen) atoms. The number of aliphatic hydroxyl groups excluding tert-OH is 1. The molecule has 0 radical (unpaired) electrons. The van der Waals surface area contributed by atoms with E-state index in [1.807, 2.05) is 37.3 Å². The molecule has 0 saturated heterocycles. The van der Waals surface area contributed by atoms with Crippen LogP contribution in [0.4, 0.5) is 11.4 Å². The summed E-state index contributed by atoms with van der Waals surface area (Å²) in [5, 5.41) is 16.5. The highest BCUT2D eigenvalue weighted by molar-refractivity contribution is 5.97. The Labute approximate surface area is 162 Å². The lowest BCUT2D eigenvalue weighted by Crippen LogP contribution is -2.41. The SMILES string of the molecule is C[C@@H](Nc1c(NC2CC=CC(C(=O)N(C)C)=C2O)c(=O)c1=O)c1ccccc1. The van der Waals surface area contributed by atoms with E-state index in [1.54, 1.807) is 26.2 Å². The van der Waals surface area contributed by atoms with Gasteiger partial charge in [-0.3, -0.25) is 14.4 Å². The molecule has 0 fully saturated rings. The van der Waals surface area contributed by atoms with Crippen molar-refractivity contribution in [1.82, 2.24) is 4.90 Å². The third kappa shape index (κ3) is 3.55. The second-order valence-corrected chi connectivity index (χ2v) is 7.02. The van der Waals surface area contributed by atoms with E-state index >= 15 is 0 Å². The van der Waals surface area contributed by atoms with Crippen LogP contribution in [0, 0.1) is 0 Å². The minimum atomic E-state index is -0.653. The largest absolute Gasteiger partial charge is 0.509 e. The highest BCUT2D eigenvalue weighted by Crippen LogP contribution is 2.26. The molecule has 146 valence electrons. The smallest absolute Gasteiger partial charge is 0.256 e. The van der Waals surface area contributed by atoms with E-state index in [-0.39, 0.29) is 34.7 Å². The van der Waals surface area contributed by atoms with Gasteiger partial charge < -0.3 is 20.6 Å². The van der Waals surface area contributed by atoms with E-state index in [0.717, 1.165) is 5.56 Å². The fourth-order valence-corrected chi connectivity index (χ4v) is 3.14. The Kier molecular flexibility index (Phi) is 5.35. The van der Waals surface area contributed by atoms with E-state index in [9.17, 15) is 19.5 Å². The van der Waals surface area contributed by atoms with Gasteiger partial charge >= 0.3 is 0 Å². The van der Waals surface area contributed by atoms with E-state index in [1.165, 1.54) is 4.90 Å². The van der Waals surface area contributed by atoms with Gasteiger partial charge in [0.2, 0.25) is 0 Å². The third-order valence-corrected chi connectivity index (χ3v) is 4.79. The number of anilines is 2. The molecule has 3 N–H and O–H groups in total. The van der Waals surface area contributed by atoms with E-state index in [4.69, 9.17) is 0 Å². The summed E-state index contributed by atoms with van der Waals surface area (Å²) in [5.74, 6) is -0.474. The van der Waals surface area contributed by atoms with Gasteiger partial charge in [-0.2, -0.15) is 0 Å². The minimum absolute atomic E-state index is 0.135. The lowest BCUT2D eigenvalue weighted by atomic mass is 9.98. The van der Waals surface area contributed by atoms with Crippen molar-refractivity contribution in [1.29, 1.82) is 0 Å². The predicted octanol–water partition coefficient (Wildman–Crippen LogP) is 2.10. The van der Waals surface area contributed by atoms with Crippen molar-refractivity contribution in [2.24, 2.45) is 0 Å². The summed E-state index contributed by atoms with van der Waals surface area (Å²) in [7, 11) is 3.19. The average molecular weight is 381 g/mol. The molecule has 3 rings (SSSR count). The summed E-state index contributed by atoms with van der Waals surface area (Å²) in [6, 6.07) is 8.72. The molecule has 2 atom stereocenters. The van der Waals surface area contributed by atoms with Crippen LogP contribution in [-0.4, -0.2) is 36.1 Å². The van der Waals surface area contributed by atoms with Gasteiger partial charge in [-0.1, -0.05) is 36.4 Å². The maximum atomic E-state index is 12.2. The number of likely N-dealkylation sites (N-methyl/N-ethyl adjacent to an activating group) is 1. The lowest BCUT2D eigenvalue weighted by molar-refractivity contribution is -0.124. The number of rotatable bonds is 6. The second-order valence-electron chi connectivity index (χ2n) is 7.02. The second kappa shape index (κ2) is 7.72. The van der Waals surface area contributed by atoms with Gasteiger partial charge in [0.25, 0.3) is 16.8 Å². The van der Waals surface area contributed by atoms with Crippen LogP contribution in [-0.2, 0) is 4.79 Å². The van der Waals surface area contributed by atoms with Crippen LogP contribution in [0.25, 0.3) is 0 Å². The molecule has 1 unspecified atom stereocenters. The quantitative estimate of drug-likeness (QED) is 0.663. The van der Waals surface area contributed by atoms with Crippen LogP contribution >= 0.6 is 0 Å². The Morgan fingerprint density at radius 3 is 2.43 bits per heavy atom. The first-order valence-corrected chi connectivity index (χ1v) is 9.04. The molecule has 1 aliphatic rings. The fraction of sp³-hybridized carbons (Fsp3) is 0.286. The monoisotopic (exact) mass is 381 g/mol. The molecule has 0 bridgehead atoms. The molecule has 0 saturated carbocycles. The van der Waals surface area contributed by atoms with Gasteiger partial charge in [0, 0.05) is 20.1 Å². The Morgan fingerprint density at radius 2 is 1.79 bits per heavy atom. The summed E-state index contributed by atoms with van der Waals surface area (Å²) < 4.78 is 0. The average Bonchev–Trinajstić information content (AvgIpc) is 2.71. The first kappa shape index (κ1) is 19.4. The Morgan fingerprint density at radius 1 is 1.14 bits per heavy atom. The predicted molar refractivity (Wildman–Crippen MR) is 109 cm³/mol. The number of aliphatic hydroxyl groups is 1. The number of amides is 1. The van der Waals surface area contributed by atoms with Crippen LogP contribution in [0.3, 0.4) is 0 Å². The molecule has 2 aromatic rings. The number of hydrogen-bond acceptors (Lipinski definition) is 6. The minimum Gasteiger partial charge on any atom is -0.509 e. The number of benzene rings is 1. The van der Waals surface area contributed by atoms with Crippen molar-refractivity contribution >= 4 is 17.3 Å². The molecule has 1 amide bonds. The van der Waals surface area contributed by atoms with Crippen LogP contribution in [0.1, 0.15) is 24.9 Å². The molecular formula is C21H23N3O4. The molecule has 0 spiro atoms. The first-order chi connectivity index (χ1) is 13.3. The zero-order chi connectivity index (χ0) is 20.4. The lowest BCUT2D eigenvalue weighted by Gasteiger charge is -2.26. The summed E-state index contributed by atoms with van der Waals surface area (Å²) >= 11 is 0. The molecule has 0 aromatic heterocycles. The van der Waals surface area contributed by atoms with Crippen molar-refractivity contribution in [3.05, 3.63) is 79.8 Å². The number of nitrogens with one attached hydrogen (secondary N) is 2. The van der Waals surface area contributed by atoms with Crippen molar-refractivity contribution in [3.8, 4) is 0 Å². The maximum Gasteiger partial charge on any atom is 0.256 e. The molecule has 0 heterocycles. The molecule has 2 aromatic carbocycles. The molecule has 0 aliphatic heterocycles. The number of carbonyl (C=O) groups excluding carboxylic acids is 1. The highest BCUT2D eigenvalue weighted by Gasteiger charge is 2.29. The molecule has 7 nitrogen and oxygen atoms in total. The van der Waals surface area contributed by atoms with Gasteiger partial charge in [-0.25, -0.2) is 0 Å². The van der Waals surface area contributed by atoms with Gasteiger partial charge in [-0.15, -0.1) is 0 Å². The Bertz CT molecular complexity index is 1010. The van der Waals surface area contributed by atoms with Crippen molar-refractivity contribution < 1.29 is 9.90 Å². The molecule has 1 aliphatic carbocycles. The number of nitrogens with zero attached hydrogens (tertiary/aromatic N) is 1. The molecular weight excluding hydrogens is 358 g/mol. The molecule has 7 heteroatoms. The summed E-state index contributed by atoms with van der Waals surface area (Å²) in [6.45, 7) is 1.89. The van der Waals surface area contributed by atoms with Crippen molar-refractivity contribution in [2.75, 3.05) is 24.7 Å². The third-order valence-electron chi connectivity index (χ3n) is 4.79. The van der Waals surface area contributed by atoms with E-state index in [2.05, 4.69) is 10.6 Å². The number of carbonyl (C=O) groups is 1. The zero-order valence-corrected chi connectivity index (χ0v) is 16.0. The normalized spacial score (nSPS) is 17.5. The Hall–Kier alpha value is -3.35. The van der Waals surface area contributed by atoms with Gasteiger partial charge in [0.1, 0.15) is 17.1 Å². The fourth-order valence-electron chi connectivity index (χ4n) is 3.14. The van der Waals surface area contributed by atoms with Crippen molar-refractivity contribution in [2.45, 2.75) is 25.4 Å². The van der Waals surface area contributed by atoms with Crippen LogP contribution in [0.5, 0.6) is 0 Å². The number of hydrogen-bond donors (Lipinski definition) is 3. The summed E-state index contributed by atoms with van der Waals surface area (Å²) in [4.78, 5) is 37.7. The first-order valence-electron chi connectivity index (χ1n) is 9.04. The van der Waals surface area contributed by atoms with Gasteiger partial charge in [0.15, 0.2) is 0 Å². The summed E-state index contributed by atoms with van der Waals surface area (Å²) in [5.41, 5.74) is 0.249. The van der Waals surface area contributed by atoms with Crippen molar-refractivity contribution in [3.63, 3.8) is 0 Å². The standard InChI is InChI=1S/C21H23N3O4/c1-12(13-8-5-4-6-9-13)22-16-17(20(27)19(16)26)23-15-11-7-10-14(18(15)25)21(28)24(2)3/h4-10,12,15,22-23,25H,11H2,1-3H3/t12-,15?/m1/s1. The van der Waals surface area contributed by atoms with Gasteiger partial charge in [0.05, 0.1) is 11.6 Å². The zero-order valence-electron chi connectivity index (χ0n) is 16.0. The van der Waals surface area contributed by atoms with Crippen LogP contribution < -0.4 is 21.5 Å².